The standard InChI is InChI=1S/C13H25NO5S/c1-6-11(7-2)14-12(15)10(4)20(17,18)8-9(3)13(16)19-5/h9-11H,6-8H2,1-5H3,(H,14,15). The van der Waals surface area contributed by atoms with Gasteiger partial charge in [0.1, 0.15) is 5.25 Å². The Morgan fingerprint density at radius 1 is 1.15 bits per heavy atom. The number of carbonyl (C=O) groups excluding carboxylic acids is 2. The third-order valence-corrected chi connectivity index (χ3v) is 5.58. The maximum atomic E-state index is 12.1. The summed E-state index contributed by atoms with van der Waals surface area (Å²) in [4.78, 5) is 23.2. The number of amides is 1. The molecule has 2 atom stereocenters. The quantitative estimate of drug-likeness (QED) is 0.673. The van der Waals surface area contributed by atoms with Crippen LogP contribution in [0.4, 0.5) is 0 Å². The summed E-state index contributed by atoms with van der Waals surface area (Å²) in [7, 11) is -2.49. The van der Waals surface area contributed by atoms with Crippen LogP contribution in [-0.2, 0) is 24.2 Å². The molecule has 0 spiro atoms. The van der Waals surface area contributed by atoms with Gasteiger partial charge in [-0.3, -0.25) is 9.59 Å². The lowest BCUT2D eigenvalue weighted by Crippen LogP contribution is -2.44. The molecule has 0 saturated carbocycles. The molecule has 0 rings (SSSR count). The van der Waals surface area contributed by atoms with Crippen molar-refractivity contribution in [1.82, 2.24) is 5.32 Å². The minimum absolute atomic E-state index is 0.0295. The lowest BCUT2D eigenvalue weighted by molar-refractivity contribution is -0.144. The van der Waals surface area contributed by atoms with Crippen LogP contribution in [0.5, 0.6) is 0 Å². The van der Waals surface area contributed by atoms with E-state index in [4.69, 9.17) is 0 Å². The Morgan fingerprint density at radius 3 is 2.05 bits per heavy atom. The third-order valence-electron chi connectivity index (χ3n) is 3.33. The second-order valence-corrected chi connectivity index (χ2v) is 7.28. The van der Waals surface area contributed by atoms with Gasteiger partial charge in [0, 0.05) is 6.04 Å². The Balaban J connectivity index is 4.77. The van der Waals surface area contributed by atoms with Gasteiger partial charge in [-0.15, -0.1) is 0 Å². The van der Waals surface area contributed by atoms with Crippen molar-refractivity contribution < 1.29 is 22.7 Å². The molecular weight excluding hydrogens is 282 g/mol. The van der Waals surface area contributed by atoms with E-state index >= 15 is 0 Å². The Hall–Kier alpha value is -1.11. The maximum absolute atomic E-state index is 12.1. The van der Waals surface area contributed by atoms with E-state index in [0.717, 1.165) is 12.8 Å². The van der Waals surface area contributed by atoms with Crippen LogP contribution in [0.3, 0.4) is 0 Å². The first kappa shape index (κ1) is 18.9. The first-order chi connectivity index (χ1) is 9.19. The van der Waals surface area contributed by atoms with E-state index in [1.165, 1.54) is 21.0 Å². The fraction of sp³-hybridized carbons (Fsp3) is 0.846. The van der Waals surface area contributed by atoms with Gasteiger partial charge in [-0.05, 0) is 19.8 Å². The van der Waals surface area contributed by atoms with Crippen molar-refractivity contribution in [3.63, 3.8) is 0 Å². The summed E-state index contributed by atoms with van der Waals surface area (Å²) in [5.41, 5.74) is 0. The number of carbonyl (C=O) groups is 2. The molecule has 7 heteroatoms. The van der Waals surface area contributed by atoms with Crippen molar-refractivity contribution in [1.29, 1.82) is 0 Å². The first-order valence-electron chi connectivity index (χ1n) is 6.79. The second kappa shape index (κ2) is 8.24. The number of sulfone groups is 1. The van der Waals surface area contributed by atoms with Crippen LogP contribution in [0.15, 0.2) is 0 Å². The topological polar surface area (TPSA) is 89.5 Å². The normalized spacial score (nSPS) is 14.7. The van der Waals surface area contributed by atoms with Crippen molar-refractivity contribution in [2.45, 2.75) is 51.8 Å². The van der Waals surface area contributed by atoms with E-state index in [1.807, 2.05) is 13.8 Å². The van der Waals surface area contributed by atoms with Gasteiger partial charge in [0.15, 0.2) is 9.84 Å². The van der Waals surface area contributed by atoms with Crippen molar-refractivity contribution >= 4 is 21.7 Å². The number of nitrogens with one attached hydrogen (secondary N) is 1. The van der Waals surface area contributed by atoms with Gasteiger partial charge in [-0.1, -0.05) is 20.8 Å². The van der Waals surface area contributed by atoms with Crippen LogP contribution in [0.25, 0.3) is 0 Å². The molecule has 0 heterocycles. The molecule has 20 heavy (non-hydrogen) atoms. The second-order valence-electron chi connectivity index (χ2n) is 4.92. The zero-order valence-corrected chi connectivity index (χ0v) is 13.6. The van der Waals surface area contributed by atoms with Gasteiger partial charge >= 0.3 is 5.97 Å². The maximum Gasteiger partial charge on any atom is 0.309 e. The summed E-state index contributed by atoms with van der Waals surface area (Å²) in [6, 6.07) is -0.0295. The number of hydrogen-bond acceptors (Lipinski definition) is 5. The first-order valence-corrected chi connectivity index (χ1v) is 8.50. The molecule has 0 bridgehead atoms. The molecule has 0 aromatic heterocycles. The summed E-state index contributed by atoms with van der Waals surface area (Å²) in [6.07, 6.45) is 1.49. The van der Waals surface area contributed by atoms with Gasteiger partial charge in [0.25, 0.3) is 0 Å². The highest BCUT2D eigenvalue weighted by Gasteiger charge is 2.32. The zero-order chi connectivity index (χ0) is 15.9. The number of rotatable bonds is 8. The summed E-state index contributed by atoms with van der Waals surface area (Å²) in [5, 5.41) is 1.53. The van der Waals surface area contributed by atoms with Crippen molar-refractivity contribution in [2.24, 2.45) is 5.92 Å². The molecule has 0 fully saturated rings. The highest BCUT2D eigenvalue weighted by molar-refractivity contribution is 7.92. The van der Waals surface area contributed by atoms with Crippen molar-refractivity contribution in [3.8, 4) is 0 Å². The molecule has 1 N–H and O–H groups in total. The molecule has 1 amide bonds. The minimum atomic E-state index is -3.69. The molecule has 0 aromatic carbocycles. The molecule has 0 saturated heterocycles. The van der Waals surface area contributed by atoms with E-state index in [1.54, 1.807) is 0 Å². The van der Waals surface area contributed by atoms with Crippen LogP contribution in [0, 0.1) is 5.92 Å². The van der Waals surface area contributed by atoms with E-state index in [0.29, 0.717) is 0 Å². The fourth-order valence-corrected chi connectivity index (χ4v) is 3.25. The van der Waals surface area contributed by atoms with Crippen LogP contribution < -0.4 is 5.32 Å². The van der Waals surface area contributed by atoms with E-state index in [-0.39, 0.29) is 6.04 Å². The summed E-state index contributed by atoms with van der Waals surface area (Å²) in [5.74, 6) is -2.29. The minimum Gasteiger partial charge on any atom is -0.469 e. The molecule has 0 aliphatic rings. The summed E-state index contributed by atoms with van der Waals surface area (Å²) in [6.45, 7) is 6.66. The molecule has 118 valence electrons. The molecule has 0 aromatic rings. The average molecular weight is 307 g/mol. The predicted octanol–water partition coefficient (Wildman–Crippen LogP) is 0.904. The van der Waals surface area contributed by atoms with Gasteiger partial charge in [-0.25, -0.2) is 8.42 Å². The third kappa shape index (κ3) is 5.48. The zero-order valence-electron chi connectivity index (χ0n) is 12.8. The Morgan fingerprint density at radius 2 is 1.65 bits per heavy atom. The Labute approximate surface area is 121 Å². The predicted molar refractivity (Wildman–Crippen MR) is 76.9 cm³/mol. The Kier molecular flexibility index (Phi) is 7.78. The number of esters is 1. The van der Waals surface area contributed by atoms with E-state index < -0.39 is 38.6 Å². The molecule has 2 unspecified atom stereocenters. The Bertz CT molecular complexity index is 428. The van der Waals surface area contributed by atoms with Crippen LogP contribution >= 0.6 is 0 Å². The lowest BCUT2D eigenvalue weighted by Gasteiger charge is -2.19. The number of methoxy groups -OCH3 is 1. The van der Waals surface area contributed by atoms with E-state index in [2.05, 4.69) is 10.1 Å². The van der Waals surface area contributed by atoms with Crippen molar-refractivity contribution in [2.75, 3.05) is 12.9 Å². The van der Waals surface area contributed by atoms with Gasteiger partial charge in [-0.2, -0.15) is 0 Å². The largest absolute Gasteiger partial charge is 0.469 e. The highest BCUT2D eigenvalue weighted by atomic mass is 32.2. The monoisotopic (exact) mass is 307 g/mol. The molecule has 0 radical (unpaired) electrons. The highest BCUT2D eigenvalue weighted by Crippen LogP contribution is 2.10. The SMILES string of the molecule is CCC(CC)NC(=O)C(C)S(=O)(=O)CC(C)C(=O)OC. The van der Waals surface area contributed by atoms with Gasteiger partial charge < -0.3 is 10.1 Å². The van der Waals surface area contributed by atoms with E-state index in [9.17, 15) is 18.0 Å². The number of ether oxygens (including phenoxy) is 1. The average Bonchev–Trinajstić information content (AvgIpc) is 2.41. The molecule has 0 aliphatic carbocycles. The van der Waals surface area contributed by atoms with Crippen LogP contribution in [0.2, 0.25) is 0 Å². The molecular formula is C13H25NO5S. The lowest BCUT2D eigenvalue weighted by atomic mass is 10.2. The van der Waals surface area contributed by atoms with Crippen LogP contribution in [0.1, 0.15) is 40.5 Å². The molecule has 0 aliphatic heterocycles. The number of hydrogen-bond donors (Lipinski definition) is 1. The summed E-state index contributed by atoms with van der Waals surface area (Å²) < 4.78 is 28.7. The fourth-order valence-electron chi connectivity index (χ4n) is 1.74. The van der Waals surface area contributed by atoms with Crippen molar-refractivity contribution in [3.05, 3.63) is 0 Å². The molecule has 6 nitrogen and oxygen atoms in total. The van der Waals surface area contributed by atoms with Gasteiger partial charge in [0.2, 0.25) is 5.91 Å². The van der Waals surface area contributed by atoms with Gasteiger partial charge in [0.05, 0.1) is 18.8 Å². The summed E-state index contributed by atoms with van der Waals surface area (Å²) >= 11 is 0. The smallest absolute Gasteiger partial charge is 0.309 e. The van der Waals surface area contributed by atoms with Crippen LogP contribution in [-0.4, -0.2) is 44.4 Å².